The van der Waals surface area contributed by atoms with Gasteiger partial charge in [-0.2, -0.15) is 0 Å². The number of nitrogens with zero attached hydrogens (tertiary/aromatic N) is 1. The minimum atomic E-state index is -0.313. The van der Waals surface area contributed by atoms with E-state index in [-0.39, 0.29) is 12.0 Å². The van der Waals surface area contributed by atoms with Gasteiger partial charge in [0.25, 0.3) is 5.91 Å². The lowest BCUT2D eigenvalue weighted by atomic mass is 9.92. The lowest BCUT2D eigenvalue weighted by Crippen LogP contribution is -2.51. The maximum atomic E-state index is 12.8. The van der Waals surface area contributed by atoms with Gasteiger partial charge >= 0.3 is 0 Å². The smallest absolute Gasteiger partial charge is 0.264 e. The highest BCUT2D eigenvalue weighted by Gasteiger charge is 2.36. The predicted molar refractivity (Wildman–Crippen MR) is 78.8 cm³/mol. The molecule has 0 N–H and O–H groups in total. The summed E-state index contributed by atoms with van der Waals surface area (Å²) < 4.78 is 5.86. The summed E-state index contributed by atoms with van der Waals surface area (Å²) in [4.78, 5) is 14.9. The summed E-state index contributed by atoms with van der Waals surface area (Å²) in [5.74, 6) is 1.58. The van der Waals surface area contributed by atoms with Crippen molar-refractivity contribution in [3.05, 3.63) is 29.8 Å². The fourth-order valence-electron chi connectivity index (χ4n) is 3.43. The number of para-hydroxylation sites is 1. The Bertz CT molecular complexity index is 473. The minimum absolute atomic E-state index is 0.180. The molecule has 1 amide bonds. The SMILES string of the molecule is CC(C)C1CCCCN1C(=O)C1Cc2ccccc2O1. The van der Waals surface area contributed by atoms with Crippen LogP contribution in [0.25, 0.3) is 0 Å². The Morgan fingerprint density at radius 1 is 1.30 bits per heavy atom. The molecule has 0 saturated carbocycles. The second kappa shape index (κ2) is 5.47. The summed E-state index contributed by atoms with van der Waals surface area (Å²) in [5, 5.41) is 0. The quantitative estimate of drug-likeness (QED) is 0.829. The van der Waals surface area contributed by atoms with E-state index >= 15 is 0 Å². The molecular weight excluding hydrogens is 250 g/mol. The van der Waals surface area contributed by atoms with E-state index in [1.165, 1.54) is 6.42 Å². The number of ether oxygens (including phenoxy) is 1. The van der Waals surface area contributed by atoms with E-state index in [0.717, 1.165) is 37.1 Å². The van der Waals surface area contributed by atoms with E-state index in [1.807, 2.05) is 18.2 Å². The molecule has 2 aliphatic heterocycles. The number of likely N-dealkylation sites (tertiary alicyclic amines) is 1. The van der Waals surface area contributed by atoms with Crippen molar-refractivity contribution in [2.75, 3.05) is 6.54 Å². The third-order valence-corrected chi connectivity index (χ3v) is 4.52. The first-order valence-corrected chi connectivity index (χ1v) is 7.72. The van der Waals surface area contributed by atoms with Gasteiger partial charge in [-0.3, -0.25) is 4.79 Å². The van der Waals surface area contributed by atoms with Gasteiger partial charge in [-0.05, 0) is 36.8 Å². The van der Waals surface area contributed by atoms with Gasteiger partial charge in [0, 0.05) is 19.0 Å². The van der Waals surface area contributed by atoms with Crippen LogP contribution >= 0.6 is 0 Å². The van der Waals surface area contributed by atoms with Gasteiger partial charge in [0.05, 0.1) is 0 Å². The topological polar surface area (TPSA) is 29.5 Å². The molecule has 0 radical (unpaired) electrons. The van der Waals surface area contributed by atoms with Gasteiger partial charge in [0.1, 0.15) is 5.75 Å². The first-order chi connectivity index (χ1) is 9.66. The molecule has 2 atom stereocenters. The first kappa shape index (κ1) is 13.5. The Morgan fingerprint density at radius 2 is 2.10 bits per heavy atom. The molecule has 0 spiro atoms. The fraction of sp³-hybridized carbons (Fsp3) is 0.588. The number of carbonyl (C=O) groups excluding carboxylic acids is 1. The van der Waals surface area contributed by atoms with Crippen LogP contribution in [0.4, 0.5) is 0 Å². The maximum absolute atomic E-state index is 12.8. The van der Waals surface area contributed by atoms with Crippen LogP contribution in [0.3, 0.4) is 0 Å². The van der Waals surface area contributed by atoms with Gasteiger partial charge in [-0.15, -0.1) is 0 Å². The molecule has 2 unspecified atom stereocenters. The number of benzene rings is 1. The summed E-state index contributed by atoms with van der Waals surface area (Å²) in [6, 6.07) is 8.36. The summed E-state index contributed by atoms with van der Waals surface area (Å²) in [6.07, 6.45) is 3.89. The molecule has 0 bridgehead atoms. The average Bonchev–Trinajstić information content (AvgIpc) is 2.90. The van der Waals surface area contributed by atoms with Crippen molar-refractivity contribution in [1.82, 2.24) is 4.90 Å². The highest BCUT2D eigenvalue weighted by atomic mass is 16.5. The zero-order valence-electron chi connectivity index (χ0n) is 12.3. The molecule has 1 saturated heterocycles. The number of piperidine rings is 1. The van der Waals surface area contributed by atoms with Crippen molar-refractivity contribution >= 4 is 5.91 Å². The van der Waals surface area contributed by atoms with Gasteiger partial charge in [0.15, 0.2) is 6.10 Å². The van der Waals surface area contributed by atoms with Crippen LogP contribution in [0, 0.1) is 5.92 Å². The third kappa shape index (κ3) is 2.41. The molecule has 0 aromatic heterocycles. The van der Waals surface area contributed by atoms with Crippen molar-refractivity contribution in [3.8, 4) is 5.75 Å². The molecule has 20 heavy (non-hydrogen) atoms. The van der Waals surface area contributed by atoms with E-state index in [2.05, 4.69) is 24.8 Å². The Morgan fingerprint density at radius 3 is 2.85 bits per heavy atom. The van der Waals surface area contributed by atoms with Crippen molar-refractivity contribution in [3.63, 3.8) is 0 Å². The van der Waals surface area contributed by atoms with Crippen LogP contribution < -0.4 is 4.74 Å². The summed E-state index contributed by atoms with van der Waals surface area (Å²) in [5.41, 5.74) is 1.16. The first-order valence-electron chi connectivity index (χ1n) is 7.72. The van der Waals surface area contributed by atoms with E-state index in [4.69, 9.17) is 4.74 Å². The molecule has 2 aliphatic rings. The van der Waals surface area contributed by atoms with E-state index in [0.29, 0.717) is 12.0 Å². The van der Waals surface area contributed by atoms with E-state index < -0.39 is 0 Å². The monoisotopic (exact) mass is 273 g/mol. The van der Waals surface area contributed by atoms with E-state index in [9.17, 15) is 4.79 Å². The van der Waals surface area contributed by atoms with Crippen LogP contribution in [0.1, 0.15) is 38.7 Å². The van der Waals surface area contributed by atoms with Crippen LogP contribution in [0.5, 0.6) is 5.75 Å². The molecule has 3 rings (SSSR count). The highest BCUT2D eigenvalue weighted by molar-refractivity contribution is 5.83. The second-order valence-corrected chi connectivity index (χ2v) is 6.26. The normalized spacial score (nSPS) is 25.4. The number of hydrogen-bond donors (Lipinski definition) is 0. The lowest BCUT2D eigenvalue weighted by Gasteiger charge is -2.39. The Hall–Kier alpha value is -1.51. The summed E-state index contributed by atoms with van der Waals surface area (Å²) in [7, 11) is 0. The molecule has 3 heteroatoms. The minimum Gasteiger partial charge on any atom is -0.480 e. The number of amides is 1. The van der Waals surface area contributed by atoms with E-state index in [1.54, 1.807) is 0 Å². The molecule has 1 aromatic rings. The molecule has 1 aromatic carbocycles. The third-order valence-electron chi connectivity index (χ3n) is 4.52. The highest BCUT2D eigenvalue weighted by Crippen LogP contribution is 2.31. The number of rotatable bonds is 2. The van der Waals surface area contributed by atoms with Crippen molar-refractivity contribution in [1.29, 1.82) is 0 Å². The molecule has 3 nitrogen and oxygen atoms in total. The van der Waals surface area contributed by atoms with Gasteiger partial charge in [-0.25, -0.2) is 0 Å². The maximum Gasteiger partial charge on any atom is 0.264 e. The molecular formula is C17H23NO2. The number of hydrogen-bond acceptors (Lipinski definition) is 2. The summed E-state index contributed by atoms with van der Waals surface area (Å²) in [6.45, 7) is 5.30. The Balaban J connectivity index is 1.73. The number of carbonyl (C=O) groups is 1. The average molecular weight is 273 g/mol. The number of fused-ring (bicyclic) bond motifs is 1. The van der Waals surface area contributed by atoms with Crippen molar-refractivity contribution in [2.45, 2.75) is 51.7 Å². The molecule has 108 valence electrons. The van der Waals surface area contributed by atoms with Crippen molar-refractivity contribution in [2.24, 2.45) is 5.92 Å². The van der Waals surface area contributed by atoms with Gasteiger partial charge in [-0.1, -0.05) is 32.0 Å². The Labute approximate surface area is 120 Å². The van der Waals surface area contributed by atoms with Gasteiger partial charge < -0.3 is 9.64 Å². The molecule has 2 heterocycles. The van der Waals surface area contributed by atoms with Crippen molar-refractivity contribution < 1.29 is 9.53 Å². The fourth-order valence-corrected chi connectivity index (χ4v) is 3.43. The van der Waals surface area contributed by atoms with Crippen LogP contribution in [0.15, 0.2) is 24.3 Å². The summed E-state index contributed by atoms with van der Waals surface area (Å²) >= 11 is 0. The zero-order chi connectivity index (χ0) is 14.1. The molecule has 0 aliphatic carbocycles. The second-order valence-electron chi connectivity index (χ2n) is 6.26. The van der Waals surface area contributed by atoms with Crippen LogP contribution in [-0.4, -0.2) is 29.5 Å². The molecule has 1 fully saturated rings. The standard InChI is InChI=1S/C17H23NO2/c1-12(2)14-8-5-6-10-18(14)17(19)16-11-13-7-3-4-9-15(13)20-16/h3-4,7,9,12,14,16H,5-6,8,10-11H2,1-2H3. The lowest BCUT2D eigenvalue weighted by molar-refractivity contribution is -0.142. The van der Waals surface area contributed by atoms with Crippen LogP contribution in [-0.2, 0) is 11.2 Å². The van der Waals surface area contributed by atoms with Gasteiger partial charge in [0.2, 0.25) is 0 Å². The predicted octanol–water partition coefficient (Wildman–Crippen LogP) is 3.03. The largest absolute Gasteiger partial charge is 0.480 e. The van der Waals surface area contributed by atoms with Crippen LogP contribution in [0.2, 0.25) is 0 Å². The zero-order valence-corrected chi connectivity index (χ0v) is 12.3. The Kier molecular flexibility index (Phi) is 3.68.